The van der Waals surface area contributed by atoms with E-state index in [0.29, 0.717) is 0 Å². The third kappa shape index (κ3) is 11.9. The van der Waals surface area contributed by atoms with E-state index in [2.05, 4.69) is 10.6 Å². The number of carboxylic acids is 1. The molecule has 30 nitrogen and oxygen atoms in total. The highest BCUT2D eigenvalue weighted by molar-refractivity contribution is 5.76. The Morgan fingerprint density at radius 2 is 1.09 bits per heavy atom. The number of hydrogen-bond donors (Lipinski definition) is 18. The Hall–Kier alpha value is -2.55. The second-order valence-corrected chi connectivity index (χ2v) is 17.2. The molecule has 0 radical (unpaired) electrons. The van der Waals surface area contributed by atoms with Crippen LogP contribution in [0.1, 0.15) is 27.2 Å². The Labute approximate surface area is 386 Å². The molecule has 0 spiro atoms. The molecule has 0 aromatic rings. The summed E-state index contributed by atoms with van der Waals surface area (Å²) in [6, 6.07) is -3.55. The van der Waals surface area contributed by atoms with E-state index in [1.54, 1.807) is 0 Å². The summed E-state index contributed by atoms with van der Waals surface area (Å²) >= 11 is 0. The van der Waals surface area contributed by atoms with Crippen molar-refractivity contribution in [3.8, 4) is 0 Å². The molecule has 5 fully saturated rings. The summed E-state index contributed by atoms with van der Waals surface area (Å²) in [6.45, 7) is -1.84. The number of aliphatic hydroxyl groups excluding tert-OH is 15. The monoisotopic (exact) mass is 996 g/mol. The van der Waals surface area contributed by atoms with Crippen molar-refractivity contribution in [2.24, 2.45) is 0 Å². The predicted molar refractivity (Wildman–Crippen MR) is 210 cm³/mol. The van der Waals surface area contributed by atoms with E-state index < -0.39 is 216 Å². The average molecular weight is 997 g/mol. The molecule has 5 aliphatic heterocycles. The molecular weight excluding hydrogens is 932 g/mol. The van der Waals surface area contributed by atoms with Gasteiger partial charge in [0.05, 0.1) is 51.3 Å². The maximum atomic E-state index is 13.4. The molecule has 30 heteroatoms. The minimum atomic E-state index is -3.29. The van der Waals surface area contributed by atoms with Gasteiger partial charge < -0.3 is 135 Å². The smallest absolute Gasteiger partial charge is 0.364 e. The molecule has 0 saturated carbocycles. The lowest BCUT2D eigenvalue weighted by Crippen LogP contribution is -2.72. The molecule has 394 valence electrons. The van der Waals surface area contributed by atoms with Crippen LogP contribution in [0.2, 0.25) is 0 Å². The van der Waals surface area contributed by atoms with E-state index in [-0.39, 0.29) is 0 Å². The highest BCUT2D eigenvalue weighted by atomic mass is 16.8. The molecule has 5 saturated heterocycles. The summed E-state index contributed by atoms with van der Waals surface area (Å²) in [5.41, 5.74) is 0. The van der Waals surface area contributed by atoms with Crippen LogP contribution < -0.4 is 10.6 Å². The second-order valence-electron chi connectivity index (χ2n) is 17.2. The molecule has 26 atom stereocenters. The van der Waals surface area contributed by atoms with E-state index in [4.69, 9.17) is 42.6 Å². The number of aliphatic hydroxyl groups is 15. The standard InChI is InChI=1S/C38H64N2O28/c1-10-21(50)26(55)29(17(8-44)60-10)64-36-28(57)33(68-38(37(58)59)4-13(48)19(39-11(2)46)32(67-38)22(51)14(49)5-41)30(18(9-45)63-36)65-34-20(40-12(3)47)31(24(53)16(7-43)61-34)66-35-27(56)25(54)23(52)15(6-42)62-35/h10,13-36,41-45,48-57H,4-9H2,1-3H3,(H,39,46)(H,40,47)(H,58,59)/t10?,13-,14-,15?,16?,17?,18?,19?,20?,21?,22-,23?,24?,25?,26?,27?,28?,29?,30?,31?,32?,33?,34?,35?,36?,38+/m1/s1. The molecule has 5 heterocycles. The van der Waals surface area contributed by atoms with Crippen LogP contribution in [-0.4, -0.2) is 291 Å². The van der Waals surface area contributed by atoms with Crippen LogP contribution in [0.15, 0.2) is 0 Å². The van der Waals surface area contributed by atoms with Gasteiger partial charge in [0.1, 0.15) is 116 Å². The lowest BCUT2D eigenvalue weighted by molar-refractivity contribution is -0.400. The van der Waals surface area contributed by atoms with Crippen LogP contribution >= 0.6 is 0 Å². The molecule has 0 aromatic heterocycles. The van der Waals surface area contributed by atoms with Crippen LogP contribution in [-0.2, 0) is 57.0 Å². The van der Waals surface area contributed by atoms with Gasteiger partial charge >= 0.3 is 5.97 Å². The maximum absolute atomic E-state index is 13.4. The largest absolute Gasteiger partial charge is 0.477 e. The molecule has 68 heavy (non-hydrogen) atoms. The normalized spacial score (nSPS) is 46.6. The molecular formula is C38H64N2O28. The van der Waals surface area contributed by atoms with Gasteiger partial charge in [-0.2, -0.15) is 0 Å². The van der Waals surface area contributed by atoms with Crippen molar-refractivity contribution in [3.05, 3.63) is 0 Å². The summed E-state index contributed by atoms with van der Waals surface area (Å²) in [7, 11) is 0. The fraction of sp³-hybridized carbons (Fsp3) is 0.921. The highest BCUT2D eigenvalue weighted by Crippen LogP contribution is 2.40. The number of amides is 2. The molecule has 0 aliphatic carbocycles. The second kappa shape index (κ2) is 23.8. The van der Waals surface area contributed by atoms with Crippen LogP contribution in [0, 0.1) is 0 Å². The van der Waals surface area contributed by atoms with E-state index in [0.717, 1.165) is 13.8 Å². The van der Waals surface area contributed by atoms with Crippen molar-refractivity contribution in [1.82, 2.24) is 10.6 Å². The molecule has 2 amide bonds. The first-order valence-electron chi connectivity index (χ1n) is 21.6. The zero-order valence-electron chi connectivity index (χ0n) is 36.7. The number of carbonyl (C=O) groups is 3. The van der Waals surface area contributed by atoms with Crippen LogP contribution in [0.5, 0.6) is 0 Å². The van der Waals surface area contributed by atoms with Gasteiger partial charge in [0.15, 0.2) is 18.9 Å². The first-order valence-corrected chi connectivity index (χ1v) is 21.6. The van der Waals surface area contributed by atoms with E-state index >= 15 is 0 Å². The van der Waals surface area contributed by atoms with Gasteiger partial charge in [-0.05, 0) is 6.92 Å². The zero-order chi connectivity index (χ0) is 50.7. The van der Waals surface area contributed by atoms with Gasteiger partial charge in [-0.25, -0.2) is 4.79 Å². The van der Waals surface area contributed by atoms with Crippen molar-refractivity contribution >= 4 is 17.8 Å². The fourth-order valence-electron chi connectivity index (χ4n) is 8.74. The van der Waals surface area contributed by atoms with Crippen LogP contribution in [0.4, 0.5) is 0 Å². The number of carboxylic acid groups (broad SMARTS) is 1. The Morgan fingerprint density at radius 3 is 1.65 bits per heavy atom. The van der Waals surface area contributed by atoms with E-state index in [1.165, 1.54) is 6.92 Å². The molecule has 0 bridgehead atoms. The highest BCUT2D eigenvalue weighted by Gasteiger charge is 2.62. The average Bonchev–Trinajstić information content (AvgIpc) is 3.29. The van der Waals surface area contributed by atoms with Crippen LogP contribution in [0.25, 0.3) is 0 Å². The van der Waals surface area contributed by atoms with Gasteiger partial charge in [-0.1, -0.05) is 0 Å². The van der Waals surface area contributed by atoms with Crippen molar-refractivity contribution in [2.75, 3.05) is 33.0 Å². The Balaban J connectivity index is 1.61. The van der Waals surface area contributed by atoms with Gasteiger partial charge in [-0.15, -0.1) is 0 Å². The number of nitrogens with one attached hydrogen (secondary N) is 2. The minimum absolute atomic E-state index is 0.841. The third-order valence-corrected chi connectivity index (χ3v) is 12.4. The molecule has 5 rings (SSSR count). The Morgan fingerprint density at radius 1 is 0.588 bits per heavy atom. The number of hydrogen-bond acceptors (Lipinski definition) is 27. The third-order valence-electron chi connectivity index (χ3n) is 12.4. The lowest BCUT2D eigenvalue weighted by atomic mass is 9.88. The van der Waals surface area contributed by atoms with Gasteiger partial charge in [0.2, 0.25) is 11.8 Å². The SMILES string of the molecule is CC(=O)NC1C(OC2C(CO)OC(OC3C(CO)OC(C)C(O)C3O)C(O)C2O[C@]2(C(=O)O)C[C@@H](O)C(NC(C)=O)C([C@H](O)[C@H](O)CO)O2)OC(CO)C(O)C1OC1OC(CO)C(O)C(O)C1O. The fourth-order valence-corrected chi connectivity index (χ4v) is 8.74. The molecule has 0 aromatic carbocycles. The number of rotatable bonds is 18. The number of aliphatic carboxylic acids is 1. The summed E-state index contributed by atoms with van der Waals surface area (Å²) in [5, 5.41) is 176. The number of carbonyl (C=O) groups excluding carboxylic acids is 2. The predicted octanol–water partition coefficient (Wildman–Crippen LogP) is -11.4. The van der Waals surface area contributed by atoms with Crippen molar-refractivity contribution in [2.45, 2.75) is 186 Å². The van der Waals surface area contributed by atoms with Gasteiger partial charge in [-0.3, -0.25) is 9.59 Å². The summed E-state index contributed by atoms with van der Waals surface area (Å²) < 4.78 is 52.4. The van der Waals surface area contributed by atoms with E-state index in [9.17, 15) is 96.1 Å². The van der Waals surface area contributed by atoms with Crippen molar-refractivity contribution in [1.29, 1.82) is 0 Å². The summed E-state index contributed by atoms with van der Waals surface area (Å²) in [5.74, 6) is -7.14. The molecule has 5 aliphatic rings. The zero-order valence-corrected chi connectivity index (χ0v) is 36.7. The first kappa shape index (κ1) is 56.4. The van der Waals surface area contributed by atoms with Gasteiger partial charge in [0.25, 0.3) is 5.79 Å². The van der Waals surface area contributed by atoms with Crippen molar-refractivity contribution < 1.29 is 139 Å². The topological polar surface area (TPSA) is 482 Å². The lowest BCUT2D eigenvalue weighted by Gasteiger charge is -2.52. The maximum Gasteiger partial charge on any atom is 0.364 e. The van der Waals surface area contributed by atoms with Gasteiger partial charge in [0, 0.05) is 20.3 Å². The van der Waals surface area contributed by atoms with Crippen LogP contribution in [0.3, 0.4) is 0 Å². The minimum Gasteiger partial charge on any atom is -0.477 e. The van der Waals surface area contributed by atoms with E-state index in [1.807, 2.05) is 0 Å². The summed E-state index contributed by atoms with van der Waals surface area (Å²) in [4.78, 5) is 38.4. The Kier molecular flexibility index (Phi) is 19.7. The molecule has 18 N–H and O–H groups in total. The summed E-state index contributed by atoms with van der Waals surface area (Å²) in [6.07, 6.45) is -45.9. The molecule has 22 unspecified atom stereocenters. The van der Waals surface area contributed by atoms with Crippen molar-refractivity contribution in [3.63, 3.8) is 0 Å². The Bertz CT molecular complexity index is 1650. The number of ether oxygens (including phenoxy) is 9. The first-order chi connectivity index (χ1) is 32.0. The quantitative estimate of drug-likeness (QED) is 0.0606.